The predicted molar refractivity (Wildman–Crippen MR) is 156 cm³/mol. The standard InChI is InChI=1S/C30H35ClFN3O4S/c1-20(2)17-33-30(37)23(5)34(18-24-8-6-7-9-27(24)32)29(36)19-35(28-16-25(31)13-12-22(28)4)40(38,39)26-14-10-21(3)11-15-26/h6-16,20,23H,17-19H2,1-5H3,(H,33,37)/t23-/m1/s1. The molecule has 3 aromatic carbocycles. The van der Waals surface area contributed by atoms with Crippen LogP contribution in [-0.4, -0.2) is 44.3 Å². The third-order valence-corrected chi connectivity index (χ3v) is 8.49. The average Bonchev–Trinajstić information content (AvgIpc) is 2.91. The molecule has 40 heavy (non-hydrogen) atoms. The van der Waals surface area contributed by atoms with Gasteiger partial charge in [0.15, 0.2) is 0 Å². The van der Waals surface area contributed by atoms with Gasteiger partial charge in [-0.25, -0.2) is 12.8 Å². The second-order valence-corrected chi connectivity index (χ2v) is 12.5. The molecule has 1 atom stereocenters. The second-order valence-electron chi connectivity index (χ2n) is 10.2. The zero-order valence-electron chi connectivity index (χ0n) is 23.3. The van der Waals surface area contributed by atoms with E-state index in [1.807, 2.05) is 20.8 Å². The van der Waals surface area contributed by atoms with Gasteiger partial charge < -0.3 is 10.2 Å². The number of hydrogen-bond donors (Lipinski definition) is 1. The van der Waals surface area contributed by atoms with Crippen molar-refractivity contribution in [3.8, 4) is 0 Å². The summed E-state index contributed by atoms with van der Waals surface area (Å²) in [5.74, 6) is -1.46. The number of nitrogens with zero attached hydrogens (tertiary/aromatic N) is 2. The van der Waals surface area contributed by atoms with Gasteiger partial charge in [-0.1, -0.05) is 67.4 Å². The van der Waals surface area contributed by atoms with E-state index in [0.29, 0.717) is 17.1 Å². The Balaban J connectivity index is 2.07. The molecule has 0 unspecified atom stereocenters. The lowest BCUT2D eigenvalue weighted by Crippen LogP contribution is -2.51. The Morgan fingerprint density at radius 3 is 2.25 bits per heavy atom. The number of benzene rings is 3. The van der Waals surface area contributed by atoms with Gasteiger partial charge in [-0.05, 0) is 62.6 Å². The molecule has 0 radical (unpaired) electrons. The van der Waals surface area contributed by atoms with Crippen molar-refractivity contribution in [3.63, 3.8) is 0 Å². The normalized spacial score (nSPS) is 12.2. The average molecular weight is 588 g/mol. The molecule has 0 aliphatic rings. The fraction of sp³-hybridized carbons (Fsp3) is 0.333. The molecule has 0 aromatic heterocycles. The SMILES string of the molecule is Cc1ccc(S(=O)(=O)N(CC(=O)N(Cc2ccccc2F)[C@H](C)C(=O)NCC(C)C)c2cc(Cl)ccc2C)cc1. The molecule has 3 rings (SSSR count). The molecule has 0 aliphatic carbocycles. The summed E-state index contributed by atoms with van der Waals surface area (Å²) in [4.78, 5) is 28.2. The summed E-state index contributed by atoms with van der Waals surface area (Å²) in [5, 5.41) is 3.10. The van der Waals surface area contributed by atoms with Gasteiger partial charge in [0.25, 0.3) is 10.0 Å². The molecule has 0 bridgehead atoms. The summed E-state index contributed by atoms with van der Waals surface area (Å²) in [6.07, 6.45) is 0. The van der Waals surface area contributed by atoms with Crippen molar-refractivity contribution >= 4 is 39.1 Å². The van der Waals surface area contributed by atoms with Gasteiger partial charge >= 0.3 is 0 Å². The highest BCUT2D eigenvalue weighted by Gasteiger charge is 2.33. The fourth-order valence-corrected chi connectivity index (χ4v) is 5.68. The molecule has 2 amide bonds. The van der Waals surface area contributed by atoms with Gasteiger partial charge in [0.1, 0.15) is 18.4 Å². The number of hydrogen-bond acceptors (Lipinski definition) is 4. The largest absolute Gasteiger partial charge is 0.354 e. The molecule has 10 heteroatoms. The molecular weight excluding hydrogens is 553 g/mol. The molecule has 0 aliphatic heterocycles. The number of carbonyl (C=O) groups is 2. The number of halogens is 2. The maximum absolute atomic E-state index is 14.6. The van der Waals surface area contributed by atoms with Crippen LogP contribution in [0.1, 0.15) is 37.5 Å². The van der Waals surface area contributed by atoms with Crippen molar-refractivity contribution in [3.05, 3.63) is 94.3 Å². The van der Waals surface area contributed by atoms with E-state index in [9.17, 15) is 22.4 Å². The van der Waals surface area contributed by atoms with Gasteiger partial charge in [0, 0.05) is 23.7 Å². The number of amides is 2. The molecule has 0 saturated carbocycles. The number of nitrogens with one attached hydrogen (secondary N) is 1. The Morgan fingerprint density at radius 1 is 0.975 bits per heavy atom. The van der Waals surface area contributed by atoms with Gasteiger partial charge in [0.05, 0.1) is 10.6 Å². The highest BCUT2D eigenvalue weighted by molar-refractivity contribution is 7.92. The predicted octanol–water partition coefficient (Wildman–Crippen LogP) is 5.48. The number of aryl methyl sites for hydroxylation is 2. The Morgan fingerprint density at radius 2 is 1.62 bits per heavy atom. The third kappa shape index (κ3) is 7.61. The molecule has 0 saturated heterocycles. The molecule has 214 valence electrons. The number of sulfonamides is 1. The zero-order chi connectivity index (χ0) is 29.6. The van der Waals surface area contributed by atoms with Crippen LogP contribution in [0, 0.1) is 25.6 Å². The first-order valence-corrected chi connectivity index (χ1v) is 14.8. The quantitative estimate of drug-likeness (QED) is 0.322. The van der Waals surface area contributed by atoms with E-state index in [2.05, 4.69) is 5.32 Å². The summed E-state index contributed by atoms with van der Waals surface area (Å²) in [6, 6.07) is 16.0. The Labute approximate surface area is 241 Å². The molecule has 0 heterocycles. The lowest BCUT2D eigenvalue weighted by Gasteiger charge is -2.32. The van der Waals surface area contributed by atoms with E-state index in [1.165, 1.54) is 48.2 Å². The molecule has 3 aromatic rings. The Kier molecular flexibility index (Phi) is 10.3. The van der Waals surface area contributed by atoms with E-state index in [4.69, 9.17) is 11.6 Å². The Bertz CT molecular complexity index is 1460. The van der Waals surface area contributed by atoms with Crippen LogP contribution in [-0.2, 0) is 26.2 Å². The topological polar surface area (TPSA) is 86.8 Å². The van der Waals surface area contributed by atoms with Crippen LogP contribution in [0.5, 0.6) is 0 Å². The maximum atomic E-state index is 14.6. The van der Waals surface area contributed by atoms with E-state index < -0.39 is 40.2 Å². The van der Waals surface area contributed by atoms with Crippen molar-refractivity contribution in [2.75, 3.05) is 17.4 Å². The molecule has 1 N–H and O–H groups in total. The van der Waals surface area contributed by atoms with Crippen LogP contribution >= 0.6 is 11.6 Å². The number of anilines is 1. The van der Waals surface area contributed by atoms with Crippen LogP contribution in [0.3, 0.4) is 0 Å². The number of rotatable bonds is 11. The Hall–Kier alpha value is -3.43. The molecular formula is C30H35ClFN3O4S. The first kappa shape index (κ1) is 31.1. The van der Waals surface area contributed by atoms with Crippen LogP contribution in [0.4, 0.5) is 10.1 Å². The highest BCUT2D eigenvalue weighted by atomic mass is 35.5. The summed E-state index contributed by atoms with van der Waals surface area (Å²) in [6.45, 7) is 8.50. The highest BCUT2D eigenvalue weighted by Crippen LogP contribution is 2.30. The minimum absolute atomic E-state index is 0.00588. The summed E-state index contributed by atoms with van der Waals surface area (Å²) >= 11 is 6.24. The van der Waals surface area contributed by atoms with Gasteiger partial charge in [-0.2, -0.15) is 0 Å². The molecule has 7 nitrogen and oxygen atoms in total. The van der Waals surface area contributed by atoms with Crippen LogP contribution in [0.2, 0.25) is 5.02 Å². The van der Waals surface area contributed by atoms with Crippen LogP contribution in [0.15, 0.2) is 71.6 Å². The van der Waals surface area contributed by atoms with Gasteiger partial charge in [-0.15, -0.1) is 0 Å². The molecule has 0 spiro atoms. The maximum Gasteiger partial charge on any atom is 0.264 e. The van der Waals surface area contributed by atoms with Crippen LogP contribution < -0.4 is 9.62 Å². The summed E-state index contributed by atoms with van der Waals surface area (Å²) in [7, 11) is -4.23. The van der Waals surface area contributed by atoms with Crippen molar-refractivity contribution in [1.29, 1.82) is 0 Å². The minimum atomic E-state index is -4.23. The first-order valence-electron chi connectivity index (χ1n) is 13.0. The fourth-order valence-electron chi connectivity index (χ4n) is 4.05. The van der Waals surface area contributed by atoms with Crippen LogP contribution in [0.25, 0.3) is 0 Å². The molecule has 0 fully saturated rings. The van der Waals surface area contributed by atoms with Crippen molar-refractivity contribution < 1.29 is 22.4 Å². The van der Waals surface area contributed by atoms with Crippen molar-refractivity contribution in [1.82, 2.24) is 10.2 Å². The monoisotopic (exact) mass is 587 g/mol. The van der Waals surface area contributed by atoms with Crippen molar-refractivity contribution in [2.45, 2.75) is 52.1 Å². The second kappa shape index (κ2) is 13.3. The number of carbonyl (C=O) groups excluding carboxylic acids is 2. The summed E-state index contributed by atoms with van der Waals surface area (Å²) < 4.78 is 43.5. The first-order chi connectivity index (χ1) is 18.8. The zero-order valence-corrected chi connectivity index (χ0v) is 24.9. The van der Waals surface area contributed by atoms with Gasteiger partial charge in [0.2, 0.25) is 11.8 Å². The van der Waals surface area contributed by atoms with E-state index >= 15 is 0 Å². The van der Waals surface area contributed by atoms with E-state index in [-0.39, 0.29) is 28.6 Å². The smallest absolute Gasteiger partial charge is 0.264 e. The third-order valence-electron chi connectivity index (χ3n) is 6.48. The lowest BCUT2D eigenvalue weighted by atomic mass is 10.1. The van der Waals surface area contributed by atoms with Crippen molar-refractivity contribution in [2.24, 2.45) is 5.92 Å². The van der Waals surface area contributed by atoms with Gasteiger partial charge in [-0.3, -0.25) is 13.9 Å². The lowest BCUT2D eigenvalue weighted by molar-refractivity contribution is -0.139. The summed E-state index contributed by atoms with van der Waals surface area (Å²) in [5.41, 5.74) is 1.88. The van der Waals surface area contributed by atoms with E-state index in [1.54, 1.807) is 37.3 Å². The van der Waals surface area contributed by atoms with E-state index in [0.717, 1.165) is 9.87 Å². The minimum Gasteiger partial charge on any atom is -0.354 e.